The number of hydrogen-bond acceptors (Lipinski definition) is 4. The summed E-state index contributed by atoms with van der Waals surface area (Å²) in [6, 6.07) is 4.88. The standard InChI is InChI=1S/C12H18N2O3/c1-4-12(3,15)8-13-10-7-9(2)5-6-11(10)14(16)17/h5-7,13,15H,4,8H2,1-3H3. The average molecular weight is 238 g/mol. The molecule has 1 rings (SSSR count). The minimum absolute atomic E-state index is 0.0301. The van der Waals surface area contributed by atoms with Gasteiger partial charge in [-0.3, -0.25) is 10.1 Å². The van der Waals surface area contributed by atoms with Crippen molar-refractivity contribution >= 4 is 11.4 Å². The molecule has 0 radical (unpaired) electrons. The Bertz CT molecular complexity index is 416. The Balaban J connectivity index is 2.89. The van der Waals surface area contributed by atoms with Crippen LogP contribution in [0.1, 0.15) is 25.8 Å². The number of nitro groups is 1. The molecule has 0 spiro atoms. The summed E-state index contributed by atoms with van der Waals surface area (Å²) in [5.74, 6) is 0. The second kappa shape index (κ2) is 5.14. The van der Waals surface area contributed by atoms with Crippen LogP contribution in [0.15, 0.2) is 18.2 Å². The van der Waals surface area contributed by atoms with Gasteiger partial charge in [0.2, 0.25) is 0 Å². The van der Waals surface area contributed by atoms with E-state index in [1.807, 2.05) is 13.8 Å². The predicted octanol–water partition coefficient (Wildman–Crippen LogP) is 2.48. The molecule has 94 valence electrons. The van der Waals surface area contributed by atoms with Crippen molar-refractivity contribution in [3.63, 3.8) is 0 Å². The first-order valence-corrected chi connectivity index (χ1v) is 5.57. The van der Waals surface area contributed by atoms with Gasteiger partial charge in [-0.05, 0) is 31.9 Å². The fraction of sp³-hybridized carbons (Fsp3) is 0.500. The fourth-order valence-corrected chi connectivity index (χ4v) is 1.36. The van der Waals surface area contributed by atoms with Crippen LogP contribution < -0.4 is 5.32 Å². The maximum atomic E-state index is 10.8. The molecule has 0 amide bonds. The van der Waals surface area contributed by atoms with Gasteiger partial charge in [-0.2, -0.15) is 0 Å². The zero-order valence-electron chi connectivity index (χ0n) is 10.4. The number of nitrogens with zero attached hydrogens (tertiary/aromatic N) is 1. The molecule has 0 aliphatic carbocycles. The van der Waals surface area contributed by atoms with Crippen molar-refractivity contribution in [2.75, 3.05) is 11.9 Å². The summed E-state index contributed by atoms with van der Waals surface area (Å²) in [7, 11) is 0. The van der Waals surface area contributed by atoms with Gasteiger partial charge >= 0.3 is 0 Å². The monoisotopic (exact) mass is 238 g/mol. The Morgan fingerprint density at radius 3 is 2.71 bits per heavy atom. The molecule has 0 saturated heterocycles. The Kier molecular flexibility index (Phi) is 4.07. The average Bonchev–Trinajstić information content (AvgIpc) is 2.26. The van der Waals surface area contributed by atoms with E-state index in [9.17, 15) is 15.2 Å². The lowest BCUT2D eigenvalue weighted by atomic mass is 10.0. The molecule has 1 aromatic carbocycles. The molecule has 0 fully saturated rings. The molecule has 0 heterocycles. The summed E-state index contributed by atoms with van der Waals surface area (Å²) in [5, 5.41) is 23.6. The van der Waals surface area contributed by atoms with Gasteiger partial charge in [-0.1, -0.05) is 13.0 Å². The molecule has 0 bridgehead atoms. The van der Waals surface area contributed by atoms with E-state index in [4.69, 9.17) is 0 Å². The van der Waals surface area contributed by atoms with Gasteiger partial charge in [-0.25, -0.2) is 0 Å². The van der Waals surface area contributed by atoms with Crippen LogP contribution in [0.3, 0.4) is 0 Å². The summed E-state index contributed by atoms with van der Waals surface area (Å²) < 4.78 is 0. The molecule has 0 aliphatic rings. The van der Waals surface area contributed by atoms with Gasteiger partial charge in [0.25, 0.3) is 5.69 Å². The maximum Gasteiger partial charge on any atom is 0.292 e. The van der Waals surface area contributed by atoms with E-state index in [2.05, 4.69) is 5.32 Å². The molecule has 5 nitrogen and oxygen atoms in total. The van der Waals surface area contributed by atoms with Crippen LogP contribution in [-0.4, -0.2) is 22.2 Å². The summed E-state index contributed by atoms with van der Waals surface area (Å²) in [6.45, 7) is 5.72. The molecule has 0 aliphatic heterocycles. The van der Waals surface area contributed by atoms with Crippen LogP contribution in [0.2, 0.25) is 0 Å². The first-order valence-electron chi connectivity index (χ1n) is 5.57. The normalized spacial score (nSPS) is 14.1. The third-order valence-electron chi connectivity index (χ3n) is 2.77. The number of aryl methyl sites for hydroxylation is 1. The third-order valence-corrected chi connectivity index (χ3v) is 2.77. The van der Waals surface area contributed by atoms with Crippen molar-refractivity contribution < 1.29 is 10.0 Å². The maximum absolute atomic E-state index is 10.8. The minimum atomic E-state index is -0.863. The van der Waals surface area contributed by atoms with Crippen LogP contribution in [-0.2, 0) is 0 Å². The van der Waals surface area contributed by atoms with Crippen LogP contribution in [0, 0.1) is 17.0 Å². The van der Waals surface area contributed by atoms with E-state index in [1.54, 1.807) is 19.1 Å². The number of benzene rings is 1. The van der Waals surface area contributed by atoms with Crippen molar-refractivity contribution in [1.82, 2.24) is 0 Å². The Hall–Kier alpha value is -1.62. The summed E-state index contributed by atoms with van der Waals surface area (Å²) in [4.78, 5) is 10.4. The first kappa shape index (κ1) is 13.4. The van der Waals surface area contributed by atoms with Gasteiger partial charge in [0.1, 0.15) is 5.69 Å². The topological polar surface area (TPSA) is 75.4 Å². The third kappa shape index (κ3) is 3.71. The highest BCUT2D eigenvalue weighted by Gasteiger charge is 2.20. The number of nitrogens with one attached hydrogen (secondary N) is 1. The van der Waals surface area contributed by atoms with E-state index in [0.29, 0.717) is 12.1 Å². The summed E-state index contributed by atoms with van der Waals surface area (Å²) in [5.41, 5.74) is 0.554. The van der Waals surface area contributed by atoms with Crippen molar-refractivity contribution in [2.45, 2.75) is 32.8 Å². The number of aliphatic hydroxyl groups is 1. The lowest BCUT2D eigenvalue weighted by Gasteiger charge is -2.22. The Morgan fingerprint density at radius 1 is 1.53 bits per heavy atom. The van der Waals surface area contributed by atoms with Crippen LogP contribution in [0.5, 0.6) is 0 Å². The number of nitro benzene ring substituents is 1. The van der Waals surface area contributed by atoms with Gasteiger partial charge in [0.05, 0.1) is 10.5 Å². The largest absolute Gasteiger partial charge is 0.388 e. The number of anilines is 1. The van der Waals surface area contributed by atoms with Gasteiger partial charge in [0.15, 0.2) is 0 Å². The van der Waals surface area contributed by atoms with Gasteiger partial charge in [-0.15, -0.1) is 0 Å². The van der Waals surface area contributed by atoms with Crippen LogP contribution in [0.4, 0.5) is 11.4 Å². The highest BCUT2D eigenvalue weighted by atomic mass is 16.6. The lowest BCUT2D eigenvalue weighted by Crippen LogP contribution is -2.32. The molecular formula is C12H18N2O3. The SMILES string of the molecule is CCC(C)(O)CNc1cc(C)ccc1[N+](=O)[O-]. The van der Waals surface area contributed by atoms with Gasteiger partial charge < -0.3 is 10.4 Å². The number of rotatable bonds is 5. The van der Waals surface area contributed by atoms with Crippen LogP contribution in [0.25, 0.3) is 0 Å². The van der Waals surface area contributed by atoms with Gasteiger partial charge in [0, 0.05) is 12.6 Å². The van der Waals surface area contributed by atoms with Crippen LogP contribution >= 0.6 is 0 Å². The quantitative estimate of drug-likeness (QED) is 0.610. The predicted molar refractivity (Wildman–Crippen MR) is 67.2 cm³/mol. The van der Waals surface area contributed by atoms with E-state index in [1.165, 1.54) is 6.07 Å². The van der Waals surface area contributed by atoms with Crippen molar-refractivity contribution in [3.05, 3.63) is 33.9 Å². The van der Waals surface area contributed by atoms with E-state index in [0.717, 1.165) is 5.56 Å². The first-order chi connectivity index (χ1) is 7.85. The zero-order chi connectivity index (χ0) is 13.1. The molecular weight excluding hydrogens is 220 g/mol. The summed E-state index contributed by atoms with van der Waals surface area (Å²) >= 11 is 0. The molecule has 17 heavy (non-hydrogen) atoms. The minimum Gasteiger partial charge on any atom is -0.388 e. The second-order valence-electron chi connectivity index (χ2n) is 4.48. The highest BCUT2D eigenvalue weighted by Crippen LogP contribution is 2.25. The van der Waals surface area contributed by atoms with E-state index < -0.39 is 10.5 Å². The van der Waals surface area contributed by atoms with E-state index in [-0.39, 0.29) is 12.2 Å². The molecule has 5 heteroatoms. The molecule has 1 unspecified atom stereocenters. The molecule has 1 aromatic rings. The van der Waals surface area contributed by atoms with Crippen molar-refractivity contribution in [2.24, 2.45) is 0 Å². The molecule has 1 atom stereocenters. The zero-order valence-corrected chi connectivity index (χ0v) is 10.4. The molecule has 0 saturated carbocycles. The Morgan fingerprint density at radius 2 is 2.18 bits per heavy atom. The number of hydrogen-bond donors (Lipinski definition) is 2. The Labute approximate surface area is 101 Å². The lowest BCUT2D eigenvalue weighted by molar-refractivity contribution is -0.384. The highest BCUT2D eigenvalue weighted by molar-refractivity contribution is 5.62. The fourth-order valence-electron chi connectivity index (χ4n) is 1.36. The smallest absolute Gasteiger partial charge is 0.292 e. The molecule has 2 N–H and O–H groups in total. The molecule has 0 aromatic heterocycles. The van der Waals surface area contributed by atoms with Crippen molar-refractivity contribution in [1.29, 1.82) is 0 Å². The second-order valence-corrected chi connectivity index (χ2v) is 4.48. The summed E-state index contributed by atoms with van der Waals surface area (Å²) in [6.07, 6.45) is 0.583. The van der Waals surface area contributed by atoms with Crippen molar-refractivity contribution in [3.8, 4) is 0 Å². The van der Waals surface area contributed by atoms with E-state index >= 15 is 0 Å².